The maximum atomic E-state index is 12.4. The highest BCUT2D eigenvalue weighted by Crippen LogP contribution is 2.24. The second-order valence-electron chi connectivity index (χ2n) is 5.74. The minimum Gasteiger partial charge on any atom is -0.424 e. The first kappa shape index (κ1) is 17.8. The minimum absolute atomic E-state index is 0.181. The zero-order valence-electron chi connectivity index (χ0n) is 14.8. The van der Waals surface area contributed by atoms with Gasteiger partial charge in [-0.25, -0.2) is 19.7 Å². The van der Waals surface area contributed by atoms with Crippen molar-refractivity contribution >= 4 is 23.1 Å². The summed E-state index contributed by atoms with van der Waals surface area (Å²) in [4.78, 5) is 27.3. The average Bonchev–Trinajstić information content (AvgIpc) is 3.03. The second-order valence-corrected chi connectivity index (χ2v) is 7.06. The number of ether oxygens (including phenoxy) is 1. The van der Waals surface area contributed by atoms with Crippen molar-refractivity contribution in [3.05, 3.63) is 58.3 Å². The Hall–Kier alpha value is -3.00. The molecule has 134 valence electrons. The van der Waals surface area contributed by atoms with Gasteiger partial charge in [0.1, 0.15) is 5.75 Å². The quantitative estimate of drug-likeness (QED) is 0.735. The van der Waals surface area contributed by atoms with Gasteiger partial charge in [0.2, 0.25) is 0 Å². The summed E-state index contributed by atoms with van der Waals surface area (Å²) in [7, 11) is 1.75. The Morgan fingerprint density at radius 2 is 2.00 bits per heavy atom. The van der Waals surface area contributed by atoms with E-state index in [0.717, 1.165) is 21.1 Å². The molecular formula is C18H19N5O2S. The molecule has 3 rings (SSSR count). The van der Waals surface area contributed by atoms with Gasteiger partial charge in [0.25, 0.3) is 0 Å². The fraction of sp³-hybridized carbons (Fsp3) is 0.222. The average molecular weight is 369 g/mol. The molecule has 7 nitrogen and oxygen atoms in total. The van der Waals surface area contributed by atoms with Gasteiger partial charge < -0.3 is 15.0 Å². The third-order valence-corrected chi connectivity index (χ3v) is 4.50. The van der Waals surface area contributed by atoms with Crippen molar-refractivity contribution in [2.45, 2.75) is 20.4 Å². The Morgan fingerprint density at radius 3 is 2.65 bits per heavy atom. The van der Waals surface area contributed by atoms with Crippen molar-refractivity contribution in [3.8, 4) is 11.8 Å². The molecule has 26 heavy (non-hydrogen) atoms. The van der Waals surface area contributed by atoms with Crippen LogP contribution in [-0.2, 0) is 6.54 Å². The molecule has 0 radical (unpaired) electrons. The van der Waals surface area contributed by atoms with Crippen LogP contribution in [0.25, 0.3) is 0 Å². The Morgan fingerprint density at radius 1 is 1.23 bits per heavy atom. The van der Waals surface area contributed by atoms with E-state index in [1.807, 2.05) is 19.9 Å². The number of carbonyl (C=O) groups excluding carboxylic acids is 1. The molecule has 0 saturated heterocycles. The van der Waals surface area contributed by atoms with Crippen LogP contribution in [0.4, 0.5) is 10.5 Å². The summed E-state index contributed by atoms with van der Waals surface area (Å²) in [6, 6.07) is 7.23. The number of nitrogens with zero attached hydrogens (tertiary/aromatic N) is 4. The van der Waals surface area contributed by atoms with Gasteiger partial charge in [-0.15, -0.1) is 11.3 Å². The van der Waals surface area contributed by atoms with E-state index in [1.165, 1.54) is 0 Å². The lowest BCUT2D eigenvalue weighted by atomic mass is 10.2. The first-order valence-corrected chi connectivity index (χ1v) is 8.82. The van der Waals surface area contributed by atoms with Gasteiger partial charge in [-0.2, -0.15) is 0 Å². The normalized spacial score (nSPS) is 10.4. The fourth-order valence-corrected chi connectivity index (χ4v) is 3.13. The van der Waals surface area contributed by atoms with Gasteiger partial charge in [-0.1, -0.05) is 0 Å². The van der Waals surface area contributed by atoms with E-state index in [4.69, 9.17) is 4.74 Å². The highest BCUT2D eigenvalue weighted by atomic mass is 32.1. The van der Waals surface area contributed by atoms with E-state index in [-0.39, 0.29) is 12.0 Å². The Balaban J connectivity index is 1.63. The van der Waals surface area contributed by atoms with Crippen LogP contribution < -0.4 is 10.1 Å². The van der Waals surface area contributed by atoms with Crippen molar-refractivity contribution < 1.29 is 9.53 Å². The highest BCUT2D eigenvalue weighted by Gasteiger charge is 2.12. The second kappa shape index (κ2) is 7.92. The van der Waals surface area contributed by atoms with E-state index in [9.17, 15) is 4.79 Å². The zero-order chi connectivity index (χ0) is 18.5. The van der Waals surface area contributed by atoms with Crippen LogP contribution >= 0.6 is 11.3 Å². The molecule has 0 spiro atoms. The lowest BCUT2D eigenvalue weighted by Crippen LogP contribution is -2.30. The summed E-state index contributed by atoms with van der Waals surface area (Å²) in [5.41, 5.74) is 1.61. The van der Waals surface area contributed by atoms with Gasteiger partial charge in [0, 0.05) is 36.2 Å². The van der Waals surface area contributed by atoms with Crippen LogP contribution in [0, 0.1) is 13.8 Å². The van der Waals surface area contributed by atoms with Crippen molar-refractivity contribution in [2.24, 2.45) is 0 Å². The van der Waals surface area contributed by atoms with Crippen LogP contribution in [0.15, 0.2) is 42.9 Å². The first-order valence-electron chi connectivity index (χ1n) is 8.00. The number of aryl methyl sites for hydroxylation is 2. The number of nitrogens with one attached hydrogen (secondary N) is 1. The molecule has 2 heterocycles. The molecule has 0 bridgehead atoms. The molecule has 1 N–H and O–H groups in total. The van der Waals surface area contributed by atoms with Crippen molar-refractivity contribution in [3.63, 3.8) is 0 Å². The molecule has 0 fully saturated rings. The molecule has 3 aromatic rings. The molecule has 2 amide bonds. The maximum absolute atomic E-state index is 12.4. The topological polar surface area (TPSA) is 80.2 Å². The Labute approximate surface area is 155 Å². The Kier molecular flexibility index (Phi) is 5.43. The molecule has 0 unspecified atom stereocenters. The molecule has 8 heteroatoms. The summed E-state index contributed by atoms with van der Waals surface area (Å²) >= 11 is 1.58. The van der Waals surface area contributed by atoms with Crippen molar-refractivity contribution in [1.82, 2.24) is 19.9 Å². The molecular weight excluding hydrogens is 350 g/mol. The van der Waals surface area contributed by atoms with E-state index in [2.05, 4.69) is 20.3 Å². The fourth-order valence-electron chi connectivity index (χ4n) is 2.28. The zero-order valence-corrected chi connectivity index (χ0v) is 15.6. The third-order valence-electron chi connectivity index (χ3n) is 3.60. The summed E-state index contributed by atoms with van der Waals surface area (Å²) in [6.45, 7) is 4.37. The maximum Gasteiger partial charge on any atom is 0.321 e. The van der Waals surface area contributed by atoms with Crippen molar-refractivity contribution in [1.29, 1.82) is 0 Å². The van der Waals surface area contributed by atoms with Gasteiger partial charge in [-0.05, 0) is 43.7 Å². The van der Waals surface area contributed by atoms with Gasteiger partial charge >= 0.3 is 12.0 Å². The van der Waals surface area contributed by atoms with Crippen LogP contribution in [0.5, 0.6) is 11.8 Å². The van der Waals surface area contributed by atoms with Crippen LogP contribution in [0.2, 0.25) is 0 Å². The predicted molar refractivity (Wildman–Crippen MR) is 101 cm³/mol. The monoisotopic (exact) mass is 369 g/mol. The number of amides is 2. The number of anilines is 1. The van der Waals surface area contributed by atoms with E-state index >= 15 is 0 Å². The number of hydrogen-bond acceptors (Lipinski definition) is 6. The minimum atomic E-state index is -0.181. The lowest BCUT2D eigenvalue weighted by molar-refractivity contribution is 0.221. The number of benzene rings is 1. The summed E-state index contributed by atoms with van der Waals surface area (Å²) in [5.74, 6) is 0.611. The molecule has 1 aromatic carbocycles. The number of urea groups is 1. The number of carbonyl (C=O) groups is 1. The first-order chi connectivity index (χ1) is 12.5. The Bertz CT molecular complexity index is 898. The highest BCUT2D eigenvalue weighted by molar-refractivity contribution is 7.11. The van der Waals surface area contributed by atoms with E-state index < -0.39 is 0 Å². The van der Waals surface area contributed by atoms with E-state index in [0.29, 0.717) is 12.3 Å². The van der Waals surface area contributed by atoms with Gasteiger partial charge in [-0.3, -0.25) is 0 Å². The van der Waals surface area contributed by atoms with E-state index in [1.54, 1.807) is 60.1 Å². The molecule has 0 aliphatic carbocycles. The standard InChI is InChI=1S/C18H19N5O2S/c1-12-9-14(25-17-19-7-4-8-20-17)5-6-16(12)22-18(24)23(3)11-15-10-21-13(2)26-15/h4-10H,11H2,1-3H3,(H,22,24). The van der Waals surface area contributed by atoms with Crippen LogP contribution in [-0.4, -0.2) is 32.9 Å². The summed E-state index contributed by atoms with van der Waals surface area (Å²) in [5, 5.41) is 3.90. The third kappa shape index (κ3) is 4.54. The summed E-state index contributed by atoms with van der Waals surface area (Å²) in [6.07, 6.45) is 5.03. The molecule has 0 saturated carbocycles. The van der Waals surface area contributed by atoms with Crippen LogP contribution in [0.3, 0.4) is 0 Å². The summed E-state index contributed by atoms with van der Waals surface area (Å²) < 4.78 is 5.60. The number of thiazole rings is 1. The number of aromatic nitrogens is 3. The smallest absolute Gasteiger partial charge is 0.321 e. The van der Waals surface area contributed by atoms with Gasteiger partial charge in [0.05, 0.1) is 11.6 Å². The van der Waals surface area contributed by atoms with Crippen LogP contribution in [0.1, 0.15) is 15.4 Å². The SMILES string of the molecule is Cc1ncc(CN(C)C(=O)Nc2ccc(Oc3ncccn3)cc2C)s1. The van der Waals surface area contributed by atoms with Crippen molar-refractivity contribution in [2.75, 3.05) is 12.4 Å². The number of hydrogen-bond donors (Lipinski definition) is 1. The largest absolute Gasteiger partial charge is 0.424 e. The molecule has 2 aromatic heterocycles. The lowest BCUT2D eigenvalue weighted by Gasteiger charge is -2.18. The molecule has 0 aliphatic heterocycles. The number of rotatable bonds is 5. The predicted octanol–water partition coefficient (Wildman–Crippen LogP) is 4.01. The van der Waals surface area contributed by atoms with Gasteiger partial charge in [0.15, 0.2) is 0 Å². The molecule has 0 aliphatic rings. The molecule has 0 atom stereocenters.